The molecule has 1 aromatic heterocycles. The van der Waals surface area contributed by atoms with E-state index in [0.717, 1.165) is 27.5 Å². The topological polar surface area (TPSA) is 101 Å². The molecule has 0 aliphatic heterocycles. The van der Waals surface area contributed by atoms with E-state index in [0.29, 0.717) is 0 Å². The number of aromatic nitrogens is 1. The first-order chi connectivity index (χ1) is 13.1. The SMILES string of the molecule is O=[N+]([O-])c1ccc(O)c(C=NNc2c3ccccc3nc3ccccc23)c1. The Kier molecular flexibility index (Phi) is 4.10. The van der Waals surface area contributed by atoms with Crippen molar-refractivity contribution < 1.29 is 10.0 Å². The first-order valence-electron chi connectivity index (χ1n) is 8.17. The molecule has 4 rings (SSSR count). The second kappa shape index (κ2) is 6.72. The van der Waals surface area contributed by atoms with Crippen LogP contribution in [-0.2, 0) is 0 Å². The van der Waals surface area contributed by atoms with E-state index in [1.807, 2.05) is 48.5 Å². The lowest BCUT2D eigenvalue weighted by Crippen LogP contribution is -1.96. The third-order valence-electron chi connectivity index (χ3n) is 4.19. The van der Waals surface area contributed by atoms with Crippen LogP contribution in [0.3, 0.4) is 0 Å². The maximum atomic E-state index is 10.9. The minimum Gasteiger partial charge on any atom is -0.507 e. The number of hydrogen-bond donors (Lipinski definition) is 2. The summed E-state index contributed by atoms with van der Waals surface area (Å²) in [7, 11) is 0. The molecule has 4 aromatic rings. The van der Waals surface area contributed by atoms with Crippen molar-refractivity contribution in [3.63, 3.8) is 0 Å². The summed E-state index contributed by atoms with van der Waals surface area (Å²) in [5.74, 6) is -0.0874. The van der Waals surface area contributed by atoms with Gasteiger partial charge in [-0.1, -0.05) is 36.4 Å². The fourth-order valence-corrected chi connectivity index (χ4v) is 2.89. The normalized spacial score (nSPS) is 11.3. The molecule has 0 radical (unpaired) electrons. The second-order valence-electron chi connectivity index (χ2n) is 5.89. The molecule has 0 spiro atoms. The summed E-state index contributed by atoms with van der Waals surface area (Å²) in [5.41, 5.74) is 5.56. The summed E-state index contributed by atoms with van der Waals surface area (Å²) in [6.07, 6.45) is 1.35. The molecule has 7 heteroatoms. The average molecular weight is 358 g/mol. The molecule has 0 aliphatic carbocycles. The first kappa shape index (κ1) is 16.5. The molecule has 0 saturated carbocycles. The quantitative estimate of drug-likeness (QED) is 0.243. The lowest BCUT2D eigenvalue weighted by Gasteiger charge is -2.10. The van der Waals surface area contributed by atoms with Crippen LogP contribution in [0.2, 0.25) is 0 Å². The second-order valence-corrected chi connectivity index (χ2v) is 5.89. The van der Waals surface area contributed by atoms with Gasteiger partial charge < -0.3 is 5.11 Å². The number of fused-ring (bicyclic) bond motifs is 2. The highest BCUT2D eigenvalue weighted by molar-refractivity contribution is 6.07. The number of hydrazone groups is 1. The highest BCUT2D eigenvalue weighted by Crippen LogP contribution is 2.30. The number of benzene rings is 3. The van der Waals surface area contributed by atoms with Gasteiger partial charge in [-0.15, -0.1) is 0 Å². The fraction of sp³-hybridized carbons (Fsp3) is 0. The zero-order valence-electron chi connectivity index (χ0n) is 14.0. The summed E-state index contributed by atoms with van der Waals surface area (Å²) in [6.45, 7) is 0. The lowest BCUT2D eigenvalue weighted by molar-refractivity contribution is -0.384. The van der Waals surface area contributed by atoms with E-state index in [4.69, 9.17) is 0 Å². The first-order valence-corrected chi connectivity index (χ1v) is 8.17. The Hall–Kier alpha value is -4.00. The summed E-state index contributed by atoms with van der Waals surface area (Å²) < 4.78 is 0. The van der Waals surface area contributed by atoms with Gasteiger partial charge in [-0.2, -0.15) is 5.10 Å². The molecule has 0 atom stereocenters. The fourth-order valence-electron chi connectivity index (χ4n) is 2.89. The number of pyridine rings is 1. The molecule has 27 heavy (non-hydrogen) atoms. The predicted molar refractivity (Wildman–Crippen MR) is 105 cm³/mol. The summed E-state index contributed by atoms with van der Waals surface area (Å²) >= 11 is 0. The van der Waals surface area contributed by atoms with E-state index < -0.39 is 4.92 Å². The highest BCUT2D eigenvalue weighted by Gasteiger charge is 2.10. The van der Waals surface area contributed by atoms with Crippen molar-refractivity contribution in [2.75, 3.05) is 5.43 Å². The van der Waals surface area contributed by atoms with E-state index in [1.54, 1.807) is 0 Å². The van der Waals surface area contributed by atoms with Crippen LogP contribution in [0, 0.1) is 10.1 Å². The van der Waals surface area contributed by atoms with Gasteiger partial charge in [0.2, 0.25) is 0 Å². The number of anilines is 1. The van der Waals surface area contributed by atoms with Gasteiger partial charge in [0.25, 0.3) is 5.69 Å². The summed E-state index contributed by atoms with van der Waals surface area (Å²) in [6, 6.07) is 19.2. The Morgan fingerprint density at radius 1 is 1.00 bits per heavy atom. The summed E-state index contributed by atoms with van der Waals surface area (Å²) in [4.78, 5) is 15.0. The van der Waals surface area contributed by atoms with Crippen molar-refractivity contribution in [2.45, 2.75) is 0 Å². The van der Waals surface area contributed by atoms with Gasteiger partial charge in [0.1, 0.15) is 5.75 Å². The Labute approximate surface area is 153 Å². The van der Waals surface area contributed by atoms with Crippen molar-refractivity contribution in [2.24, 2.45) is 5.10 Å². The van der Waals surface area contributed by atoms with Gasteiger partial charge in [-0.3, -0.25) is 15.5 Å². The number of para-hydroxylation sites is 2. The molecule has 1 heterocycles. The number of phenolic OH excluding ortho intramolecular Hbond substituents is 1. The molecule has 0 bridgehead atoms. The van der Waals surface area contributed by atoms with Crippen LogP contribution in [-0.4, -0.2) is 21.2 Å². The van der Waals surface area contributed by atoms with Crippen LogP contribution in [0.1, 0.15) is 5.56 Å². The van der Waals surface area contributed by atoms with Gasteiger partial charge >= 0.3 is 0 Å². The highest BCUT2D eigenvalue weighted by atomic mass is 16.6. The largest absolute Gasteiger partial charge is 0.507 e. The molecule has 0 aliphatic rings. The number of hydrogen-bond acceptors (Lipinski definition) is 6. The lowest BCUT2D eigenvalue weighted by atomic mass is 10.1. The zero-order valence-corrected chi connectivity index (χ0v) is 14.0. The van der Waals surface area contributed by atoms with Gasteiger partial charge in [0.15, 0.2) is 0 Å². The maximum Gasteiger partial charge on any atom is 0.270 e. The van der Waals surface area contributed by atoms with Crippen molar-refractivity contribution in [1.29, 1.82) is 0 Å². The number of non-ortho nitro benzene ring substituents is 1. The predicted octanol–water partition coefficient (Wildman–Crippen LogP) is 4.45. The van der Waals surface area contributed by atoms with Crippen molar-refractivity contribution >= 4 is 39.4 Å². The number of nitro groups is 1. The average Bonchev–Trinajstić information content (AvgIpc) is 2.68. The van der Waals surface area contributed by atoms with E-state index >= 15 is 0 Å². The number of phenols is 1. The zero-order chi connectivity index (χ0) is 18.8. The third kappa shape index (κ3) is 3.13. The molecule has 2 N–H and O–H groups in total. The molecule has 132 valence electrons. The van der Waals surface area contributed by atoms with Crippen LogP contribution in [0.15, 0.2) is 71.8 Å². The van der Waals surface area contributed by atoms with Gasteiger partial charge in [-0.05, 0) is 18.2 Å². The number of nitrogens with zero attached hydrogens (tertiary/aromatic N) is 3. The van der Waals surface area contributed by atoms with E-state index in [-0.39, 0.29) is 17.0 Å². The third-order valence-corrected chi connectivity index (χ3v) is 4.19. The van der Waals surface area contributed by atoms with Crippen molar-refractivity contribution in [1.82, 2.24) is 4.98 Å². The molecule has 0 amide bonds. The van der Waals surface area contributed by atoms with Crippen LogP contribution in [0.25, 0.3) is 21.8 Å². The minimum atomic E-state index is -0.520. The van der Waals surface area contributed by atoms with Crippen LogP contribution >= 0.6 is 0 Å². The summed E-state index contributed by atoms with van der Waals surface area (Å²) in [5, 5.41) is 26.8. The number of aromatic hydroxyl groups is 1. The van der Waals surface area contributed by atoms with E-state index in [9.17, 15) is 15.2 Å². The molecular formula is C20H14N4O3. The molecular weight excluding hydrogens is 344 g/mol. The van der Waals surface area contributed by atoms with Crippen molar-refractivity contribution in [3.8, 4) is 5.75 Å². The molecule has 3 aromatic carbocycles. The van der Waals surface area contributed by atoms with Crippen LogP contribution in [0.4, 0.5) is 11.4 Å². The van der Waals surface area contributed by atoms with Crippen LogP contribution < -0.4 is 5.43 Å². The molecule has 0 unspecified atom stereocenters. The molecule has 0 fully saturated rings. The van der Waals surface area contributed by atoms with Gasteiger partial charge in [0, 0.05) is 28.5 Å². The van der Waals surface area contributed by atoms with Crippen LogP contribution in [0.5, 0.6) is 5.75 Å². The molecule has 0 saturated heterocycles. The minimum absolute atomic E-state index is 0.0874. The Morgan fingerprint density at radius 2 is 1.63 bits per heavy atom. The van der Waals surface area contributed by atoms with Gasteiger partial charge in [-0.25, -0.2) is 4.98 Å². The Balaban J connectivity index is 1.76. The number of nitrogens with one attached hydrogen (secondary N) is 1. The van der Waals surface area contributed by atoms with E-state index in [2.05, 4.69) is 15.5 Å². The van der Waals surface area contributed by atoms with Gasteiger partial charge in [0.05, 0.1) is 27.9 Å². The molecule has 7 nitrogen and oxygen atoms in total. The standard InChI is InChI=1S/C20H14N4O3/c25-19-10-9-14(24(26)27)11-13(19)12-21-23-20-15-5-1-3-7-17(15)22-18-8-4-2-6-16(18)20/h1-12,25H,(H,22,23). The number of nitro benzene ring substituents is 1. The Morgan fingerprint density at radius 3 is 2.26 bits per heavy atom. The van der Waals surface area contributed by atoms with E-state index in [1.165, 1.54) is 24.4 Å². The maximum absolute atomic E-state index is 10.9. The number of rotatable bonds is 4. The van der Waals surface area contributed by atoms with Crippen molar-refractivity contribution in [3.05, 3.63) is 82.4 Å². The smallest absolute Gasteiger partial charge is 0.270 e. The Bertz CT molecular complexity index is 1150. The monoisotopic (exact) mass is 358 g/mol.